The van der Waals surface area contributed by atoms with Crippen molar-refractivity contribution in [1.29, 1.82) is 0 Å². The molecule has 5 nitrogen and oxygen atoms in total. The second kappa shape index (κ2) is 6.37. The van der Waals surface area contributed by atoms with Crippen LogP contribution in [0.3, 0.4) is 0 Å². The Morgan fingerprint density at radius 2 is 2.17 bits per heavy atom. The van der Waals surface area contributed by atoms with Crippen LogP contribution in [-0.4, -0.2) is 39.8 Å². The van der Waals surface area contributed by atoms with Crippen LogP contribution in [-0.2, 0) is 9.53 Å². The highest BCUT2D eigenvalue weighted by Gasteiger charge is 2.15. The Morgan fingerprint density at radius 3 is 2.72 bits per heavy atom. The van der Waals surface area contributed by atoms with E-state index in [9.17, 15) is 4.79 Å². The lowest BCUT2D eigenvalue weighted by Crippen LogP contribution is -2.39. The highest BCUT2D eigenvalue weighted by Crippen LogP contribution is 2.25. The molecule has 1 rings (SSSR count). The lowest BCUT2D eigenvalue weighted by molar-refractivity contribution is -0.118. The number of carbonyl (C=O) groups is 1. The molecule has 0 heterocycles. The Balaban J connectivity index is 2.85. The Hall–Kier alpha value is -1.59. The zero-order chi connectivity index (χ0) is 13.7. The Bertz CT molecular complexity index is 419. The topological polar surface area (TPSA) is 67.6 Å². The van der Waals surface area contributed by atoms with E-state index in [0.717, 1.165) is 16.9 Å². The summed E-state index contributed by atoms with van der Waals surface area (Å²) in [7, 11) is 5.44. The average Bonchev–Trinajstić information content (AvgIpc) is 2.31. The van der Waals surface area contributed by atoms with Gasteiger partial charge in [0.25, 0.3) is 0 Å². The SMILES string of the molecule is COCC(N)C(=O)Nc1cccc(N(C)C)c1C. The maximum atomic E-state index is 11.8. The molecule has 0 aliphatic heterocycles. The number of ether oxygens (including phenoxy) is 1. The molecular weight excluding hydrogens is 230 g/mol. The maximum Gasteiger partial charge on any atom is 0.243 e. The van der Waals surface area contributed by atoms with Crippen LogP contribution in [0.2, 0.25) is 0 Å². The van der Waals surface area contributed by atoms with Gasteiger partial charge >= 0.3 is 0 Å². The molecule has 1 aromatic rings. The van der Waals surface area contributed by atoms with Gasteiger partial charge in [-0.1, -0.05) is 6.07 Å². The van der Waals surface area contributed by atoms with Gasteiger partial charge in [0.2, 0.25) is 5.91 Å². The van der Waals surface area contributed by atoms with Crippen LogP contribution < -0.4 is 16.0 Å². The van der Waals surface area contributed by atoms with Crippen molar-refractivity contribution in [2.45, 2.75) is 13.0 Å². The molecule has 0 radical (unpaired) electrons. The lowest BCUT2D eigenvalue weighted by atomic mass is 10.1. The molecule has 0 aliphatic carbocycles. The number of hydrogen-bond acceptors (Lipinski definition) is 4. The van der Waals surface area contributed by atoms with Crippen molar-refractivity contribution in [1.82, 2.24) is 0 Å². The Kier molecular flexibility index (Phi) is 5.12. The van der Waals surface area contributed by atoms with E-state index in [1.54, 1.807) is 0 Å². The van der Waals surface area contributed by atoms with E-state index in [-0.39, 0.29) is 12.5 Å². The molecule has 0 aromatic heterocycles. The number of carbonyl (C=O) groups excluding carboxylic acids is 1. The van der Waals surface area contributed by atoms with Gasteiger partial charge in [0.05, 0.1) is 6.61 Å². The third-order valence-electron chi connectivity index (χ3n) is 2.73. The van der Waals surface area contributed by atoms with Crippen molar-refractivity contribution in [3.63, 3.8) is 0 Å². The number of anilines is 2. The Morgan fingerprint density at radius 1 is 1.50 bits per heavy atom. The number of benzene rings is 1. The molecule has 3 N–H and O–H groups in total. The summed E-state index contributed by atoms with van der Waals surface area (Å²) in [5.74, 6) is -0.240. The number of rotatable bonds is 5. The number of nitrogens with two attached hydrogens (primary N) is 1. The fourth-order valence-electron chi connectivity index (χ4n) is 1.72. The van der Waals surface area contributed by atoms with Crippen molar-refractivity contribution < 1.29 is 9.53 Å². The molecule has 0 spiro atoms. The van der Waals surface area contributed by atoms with Crippen LogP contribution in [0.15, 0.2) is 18.2 Å². The first kappa shape index (κ1) is 14.5. The van der Waals surface area contributed by atoms with E-state index >= 15 is 0 Å². The quantitative estimate of drug-likeness (QED) is 0.818. The summed E-state index contributed by atoms with van der Waals surface area (Å²) in [4.78, 5) is 13.8. The van der Waals surface area contributed by atoms with Crippen LogP contribution in [0.25, 0.3) is 0 Å². The Labute approximate surface area is 108 Å². The van der Waals surface area contributed by atoms with Crippen molar-refractivity contribution in [3.8, 4) is 0 Å². The van der Waals surface area contributed by atoms with E-state index in [4.69, 9.17) is 10.5 Å². The summed E-state index contributed by atoms with van der Waals surface area (Å²) in [6.45, 7) is 2.17. The maximum absolute atomic E-state index is 11.8. The van der Waals surface area contributed by atoms with Gasteiger partial charge in [0, 0.05) is 32.6 Å². The summed E-state index contributed by atoms with van der Waals surface area (Å²) < 4.78 is 4.86. The van der Waals surface area contributed by atoms with Gasteiger partial charge < -0.3 is 20.7 Å². The monoisotopic (exact) mass is 251 g/mol. The molecule has 100 valence electrons. The normalized spacial score (nSPS) is 12.1. The third-order valence-corrected chi connectivity index (χ3v) is 2.73. The zero-order valence-corrected chi connectivity index (χ0v) is 11.4. The van der Waals surface area contributed by atoms with Gasteiger partial charge in [-0.2, -0.15) is 0 Å². The molecular formula is C13H21N3O2. The van der Waals surface area contributed by atoms with E-state index in [1.165, 1.54) is 7.11 Å². The fourth-order valence-corrected chi connectivity index (χ4v) is 1.72. The number of hydrogen-bond donors (Lipinski definition) is 2. The molecule has 0 saturated carbocycles. The number of nitrogens with one attached hydrogen (secondary N) is 1. The second-order valence-electron chi connectivity index (χ2n) is 4.40. The van der Waals surface area contributed by atoms with Crippen molar-refractivity contribution in [2.75, 3.05) is 38.0 Å². The first-order valence-corrected chi connectivity index (χ1v) is 5.79. The first-order valence-electron chi connectivity index (χ1n) is 5.79. The summed E-state index contributed by atoms with van der Waals surface area (Å²) in [5, 5.41) is 2.82. The molecule has 1 atom stereocenters. The molecule has 1 amide bonds. The van der Waals surface area contributed by atoms with Crippen molar-refractivity contribution in [3.05, 3.63) is 23.8 Å². The standard InChI is InChI=1S/C13H21N3O2/c1-9-11(6-5-7-12(9)16(2)3)15-13(17)10(14)8-18-4/h5-7,10H,8,14H2,1-4H3,(H,15,17). The first-order chi connectivity index (χ1) is 8.47. The zero-order valence-electron chi connectivity index (χ0n) is 11.4. The van der Waals surface area contributed by atoms with E-state index in [2.05, 4.69) is 5.32 Å². The molecule has 0 aliphatic rings. The smallest absolute Gasteiger partial charge is 0.243 e. The minimum absolute atomic E-state index is 0.207. The number of amides is 1. The predicted molar refractivity (Wildman–Crippen MR) is 74.0 cm³/mol. The minimum Gasteiger partial charge on any atom is -0.383 e. The predicted octanol–water partition coefficient (Wildman–Crippen LogP) is 0.973. The highest BCUT2D eigenvalue weighted by molar-refractivity contribution is 5.96. The molecule has 0 saturated heterocycles. The van der Waals surface area contributed by atoms with Gasteiger partial charge in [0.1, 0.15) is 6.04 Å². The van der Waals surface area contributed by atoms with Crippen molar-refractivity contribution >= 4 is 17.3 Å². The third kappa shape index (κ3) is 3.45. The van der Waals surface area contributed by atoms with Gasteiger partial charge in [-0.25, -0.2) is 0 Å². The summed E-state index contributed by atoms with van der Waals surface area (Å²) in [5.41, 5.74) is 8.53. The molecule has 0 fully saturated rings. The molecule has 1 unspecified atom stereocenters. The molecule has 1 aromatic carbocycles. The van der Waals surface area contributed by atoms with Gasteiger partial charge in [0.15, 0.2) is 0 Å². The lowest BCUT2D eigenvalue weighted by Gasteiger charge is -2.19. The molecule has 0 bridgehead atoms. The van der Waals surface area contributed by atoms with E-state index in [0.29, 0.717) is 0 Å². The average molecular weight is 251 g/mol. The van der Waals surface area contributed by atoms with Crippen LogP contribution in [0.1, 0.15) is 5.56 Å². The van der Waals surface area contributed by atoms with Gasteiger partial charge in [-0.15, -0.1) is 0 Å². The van der Waals surface area contributed by atoms with E-state index in [1.807, 2.05) is 44.1 Å². The summed E-state index contributed by atoms with van der Waals surface area (Å²) in [6, 6.07) is 5.11. The number of methoxy groups -OCH3 is 1. The largest absolute Gasteiger partial charge is 0.383 e. The van der Waals surface area contributed by atoms with Crippen LogP contribution in [0.4, 0.5) is 11.4 Å². The van der Waals surface area contributed by atoms with Gasteiger partial charge in [-0.3, -0.25) is 4.79 Å². The number of nitrogens with zero attached hydrogens (tertiary/aromatic N) is 1. The second-order valence-corrected chi connectivity index (χ2v) is 4.40. The summed E-state index contributed by atoms with van der Waals surface area (Å²) in [6.07, 6.45) is 0. The minimum atomic E-state index is -0.655. The van der Waals surface area contributed by atoms with Crippen LogP contribution in [0.5, 0.6) is 0 Å². The van der Waals surface area contributed by atoms with Gasteiger partial charge in [-0.05, 0) is 24.6 Å². The van der Waals surface area contributed by atoms with Crippen LogP contribution in [0, 0.1) is 6.92 Å². The van der Waals surface area contributed by atoms with Crippen molar-refractivity contribution in [2.24, 2.45) is 5.73 Å². The van der Waals surface area contributed by atoms with E-state index < -0.39 is 6.04 Å². The van der Waals surface area contributed by atoms with Crippen LogP contribution >= 0.6 is 0 Å². The fraction of sp³-hybridized carbons (Fsp3) is 0.462. The summed E-state index contributed by atoms with van der Waals surface area (Å²) >= 11 is 0. The highest BCUT2D eigenvalue weighted by atomic mass is 16.5. The molecule has 5 heteroatoms. The molecule has 18 heavy (non-hydrogen) atoms.